The van der Waals surface area contributed by atoms with E-state index in [1.165, 1.54) is 5.56 Å². The van der Waals surface area contributed by atoms with Crippen molar-refractivity contribution in [3.05, 3.63) is 54.5 Å². The average Bonchev–Trinajstić information content (AvgIpc) is 3.22. The van der Waals surface area contributed by atoms with Gasteiger partial charge in [-0.3, -0.25) is 9.67 Å². The zero-order chi connectivity index (χ0) is 19.6. The molecule has 2 aromatic heterocycles. The third kappa shape index (κ3) is 3.66. The van der Waals surface area contributed by atoms with Crippen LogP contribution in [0.15, 0.2) is 48.9 Å². The molecule has 5 rings (SSSR count). The largest absolute Gasteiger partial charge is 0.381 e. The molecule has 1 saturated heterocycles. The van der Waals surface area contributed by atoms with Gasteiger partial charge < -0.3 is 4.74 Å². The Morgan fingerprint density at radius 3 is 2.83 bits per heavy atom. The molecular formula is C23H23N5O. The highest BCUT2D eigenvalue weighted by Crippen LogP contribution is 2.38. The minimum absolute atomic E-state index is 0.396. The maximum atomic E-state index is 8.63. The summed E-state index contributed by atoms with van der Waals surface area (Å²) >= 11 is 0. The summed E-state index contributed by atoms with van der Waals surface area (Å²) < 4.78 is 7.50. The van der Waals surface area contributed by atoms with Crippen LogP contribution in [-0.4, -0.2) is 33.0 Å². The molecule has 6 heteroatoms. The van der Waals surface area contributed by atoms with E-state index in [1.54, 1.807) is 6.08 Å². The minimum Gasteiger partial charge on any atom is -0.381 e. The number of aromatic nitrogens is 4. The van der Waals surface area contributed by atoms with E-state index in [1.807, 2.05) is 23.2 Å². The Hall–Kier alpha value is -3.04. The van der Waals surface area contributed by atoms with Crippen molar-refractivity contribution in [1.82, 2.24) is 19.7 Å². The molecular weight excluding hydrogens is 362 g/mol. The highest BCUT2D eigenvalue weighted by Gasteiger charge is 2.29. The Balaban J connectivity index is 1.33. The number of allylic oxidation sites excluding steroid dienone is 2. The summed E-state index contributed by atoms with van der Waals surface area (Å²) in [7, 11) is 0. The van der Waals surface area contributed by atoms with Crippen LogP contribution >= 0.6 is 0 Å². The fraction of sp³-hybridized carbons (Fsp3) is 0.391. The summed E-state index contributed by atoms with van der Waals surface area (Å²) in [4.78, 5) is 9.49. The van der Waals surface area contributed by atoms with Crippen LogP contribution in [0.2, 0.25) is 0 Å². The van der Waals surface area contributed by atoms with Crippen LogP contribution < -0.4 is 0 Å². The summed E-state index contributed by atoms with van der Waals surface area (Å²) in [6, 6.07) is 8.90. The van der Waals surface area contributed by atoms with Crippen molar-refractivity contribution in [2.24, 2.45) is 5.92 Å². The molecule has 3 aromatic rings. The van der Waals surface area contributed by atoms with Gasteiger partial charge in [0.1, 0.15) is 0 Å². The highest BCUT2D eigenvalue weighted by atomic mass is 16.5. The van der Waals surface area contributed by atoms with Crippen molar-refractivity contribution < 1.29 is 4.74 Å². The van der Waals surface area contributed by atoms with Crippen molar-refractivity contribution in [1.29, 1.82) is 5.26 Å². The molecule has 0 bridgehead atoms. The normalized spacial score (nSPS) is 22.6. The van der Waals surface area contributed by atoms with E-state index in [9.17, 15) is 0 Å². The standard InChI is InChI=1S/C23H23N5O/c24-7-1-2-16-10-20(11-16)28-15-19(13-26-28)23-14-25-22-12-18(3-4-21(22)27-23)17-5-8-29-9-6-17/h1-4,12-17,20H,5-6,8-11H2/b2-1+. The topological polar surface area (TPSA) is 76.6 Å². The lowest BCUT2D eigenvalue weighted by Crippen LogP contribution is -2.25. The maximum absolute atomic E-state index is 8.63. The zero-order valence-electron chi connectivity index (χ0n) is 16.2. The lowest BCUT2D eigenvalue weighted by atomic mass is 9.80. The van der Waals surface area contributed by atoms with Gasteiger partial charge in [-0.15, -0.1) is 0 Å². The predicted molar refractivity (Wildman–Crippen MR) is 110 cm³/mol. The zero-order valence-corrected chi connectivity index (χ0v) is 16.2. The molecule has 3 heterocycles. The highest BCUT2D eigenvalue weighted by molar-refractivity contribution is 5.77. The van der Waals surface area contributed by atoms with Crippen molar-refractivity contribution in [3.63, 3.8) is 0 Å². The third-order valence-electron chi connectivity index (χ3n) is 6.12. The fourth-order valence-corrected chi connectivity index (χ4v) is 4.30. The van der Waals surface area contributed by atoms with Crippen LogP contribution in [0.1, 0.15) is 43.2 Å². The number of nitriles is 1. The molecule has 1 aliphatic carbocycles. The number of rotatable bonds is 4. The van der Waals surface area contributed by atoms with E-state index < -0.39 is 0 Å². The lowest BCUT2D eigenvalue weighted by molar-refractivity contribution is 0.0853. The SMILES string of the molecule is N#C/C=C/C1CC(n2cc(-c3cnc4cc(C5CCOCC5)ccc4n3)cn2)C1. The number of hydrogen-bond donors (Lipinski definition) is 0. The summed E-state index contributed by atoms with van der Waals surface area (Å²) in [6.07, 6.45) is 13.5. The van der Waals surface area contributed by atoms with Gasteiger partial charge in [0.25, 0.3) is 0 Å². The predicted octanol–water partition coefficient (Wildman–Crippen LogP) is 4.42. The fourth-order valence-electron chi connectivity index (χ4n) is 4.30. The number of benzene rings is 1. The minimum atomic E-state index is 0.396. The molecule has 29 heavy (non-hydrogen) atoms. The van der Waals surface area contributed by atoms with Crippen molar-refractivity contribution >= 4 is 11.0 Å². The van der Waals surface area contributed by atoms with E-state index >= 15 is 0 Å². The molecule has 0 unspecified atom stereocenters. The van der Waals surface area contributed by atoms with Crippen LogP contribution in [0.3, 0.4) is 0 Å². The second-order valence-corrected chi connectivity index (χ2v) is 7.97. The van der Waals surface area contributed by atoms with Gasteiger partial charge >= 0.3 is 0 Å². The number of nitrogens with zero attached hydrogens (tertiary/aromatic N) is 5. The summed E-state index contributed by atoms with van der Waals surface area (Å²) in [5, 5.41) is 13.2. The first-order valence-electron chi connectivity index (χ1n) is 10.3. The molecule has 0 atom stereocenters. The second-order valence-electron chi connectivity index (χ2n) is 7.97. The van der Waals surface area contributed by atoms with Gasteiger partial charge in [-0.1, -0.05) is 12.1 Å². The van der Waals surface area contributed by atoms with Gasteiger partial charge in [-0.05, 0) is 55.2 Å². The molecule has 1 saturated carbocycles. The molecule has 1 aliphatic heterocycles. The maximum Gasteiger partial charge on any atom is 0.0924 e. The van der Waals surface area contributed by atoms with Crippen molar-refractivity contribution in [2.45, 2.75) is 37.6 Å². The summed E-state index contributed by atoms with van der Waals surface area (Å²) in [5.74, 6) is 1.04. The van der Waals surface area contributed by atoms with Gasteiger partial charge in [0.05, 0.1) is 41.2 Å². The summed E-state index contributed by atoms with van der Waals surface area (Å²) in [6.45, 7) is 1.68. The Morgan fingerprint density at radius 1 is 1.14 bits per heavy atom. The van der Waals surface area contributed by atoms with E-state index in [-0.39, 0.29) is 0 Å². The molecule has 0 amide bonds. The first-order chi connectivity index (χ1) is 14.3. The molecule has 6 nitrogen and oxygen atoms in total. The van der Waals surface area contributed by atoms with Crippen LogP contribution in [-0.2, 0) is 4.74 Å². The number of fused-ring (bicyclic) bond motifs is 1. The van der Waals surface area contributed by atoms with E-state index in [0.717, 1.165) is 61.2 Å². The van der Waals surface area contributed by atoms with Crippen molar-refractivity contribution in [2.75, 3.05) is 13.2 Å². The molecule has 1 aromatic carbocycles. The quantitative estimate of drug-likeness (QED) is 0.622. The number of ether oxygens (including phenoxy) is 1. The first-order valence-corrected chi connectivity index (χ1v) is 10.3. The van der Waals surface area contributed by atoms with E-state index in [4.69, 9.17) is 15.0 Å². The molecule has 0 N–H and O–H groups in total. The molecule has 2 aliphatic rings. The van der Waals surface area contributed by atoms with Crippen LogP contribution in [0.25, 0.3) is 22.3 Å². The first kappa shape index (κ1) is 18.0. The Bertz CT molecular complexity index is 1080. The Morgan fingerprint density at radius 2 is 2.00 bits per heavy atom. The molecule has 0 spiro atoms. The van der Waals surface area contributed by atoms with E-state index in [2.05, 4.69) is 40.5 Å². The lowest BCUT2D eigenvalue weighted by Gasteiger charge is -2.33. The van der Waals surface area contributed by atoms with Gasteiger partial charge in [0.15, 0.2) is 0 Å². The third-order valence-corrected chi connectivity index (χ3v) is 6.12. The van der Waals surface area contributed by atoms with Gasteiger partial charge in [-0.2, -0.15) is 10.4 Å². The van der Waals surface area contributed by atoms with Gasteiger partial charge in [0, 0.05) is 31.1 Å². The summed E-state index contributed by atoms with van der Waals surface area (Å²) in [5.41, 5.74) is 5.03. The molecule has 146 valence electrons. The molecule has 0 radical (unpaired) electrons. The second kappa shape index (κ2) is 7.76. The smallest absolute Gasteiger partial charge is 0.0924 e. The van der Waals surface area contributed by atoms with Gasteiger partial charge in [0.2, 0.25) is 0 Å². The average molecular weight is 385 g/mol. The van der Waals surface area contributed by atoms with Crippen LogP contribution in [0.5, 0.6) is 0 Å². The van der Waals surface area contributed by atoms with Crippen LogP contribution in [0.4, 0.5) is 0 Å². The van der Waals surface area contributed by atoms with Crippen molar-refractivity contribution in [3.8, 4) is 17.3 Å². The Labute approximate surface area is 169 Å². The Kier molecular flexibility index (Phi) is 4.82. The number of hydrogen-bond acceptors (Lipinski definition) is 5. The monoisotopic (exact) mass is 385 g/mol. The van der Waals surface area contributed by atoms with Gasteiger partial charge in [-0.25, -0.2) is 4.98 Å². The van der Waals surface area contributed by atoms with E-state index in [0.29, 0.717) is 17.9 Å². The van der Waals surface area contributed by atoms with Crippen LogP contribution in [0, 0.1) is 17.2 Å². The molecule has 2 fully saturated rings.